The first-order valence-electron chi connectivity index (χ1n) is 11.3. The average molecular weight is 544 g/mol. The van der Waals surface area contributed by atoms with Crippen molar-refractivity contribution >= 4 is 0 Å². The van der Waals surface area contributed by atoms with E-state index in [4.69, 9.17) is 9.47 Å². The maximum Gasteiger partial charge on any atom is 0.432 e. The largest absolute Gasteiger partial charge is 0.432 e. The van der Waals surface area contributed by atoms with Gasteiger partial charge in [-0.05, 0) is 54.8 Å². The lowest BCUT2D eigenvalue weighted by Gasteiger charge is -2.30. The summed E-state index contributed by atoms with van der Waals surface area (Å²) in [5.74, 6) is -10.3. The molecule has 1 aliphatic heterocycles. The molecule has 4 rings (SSSR count). The second-order valence-corrected chi connectivity index (χ2v) is 8.60. The molecule has 3 aromatic rings. The van der Waals surface area contributed by atoms with Crippen LogP contribution in [0.5, 0.6) is 5.75 Å². The van der Waals surface area contributed by atoms with E-state index in [1.54, 1.807) is 6.08 Å². The molecule has 0 bridgehead atoms. The molecular formula is C27H20F8O3. The second-order valence-electron chi connectivity index (χ2n) is 8.60. The van der Waals surface area contributed by atoms with Crippen molar-refractivity contribution in [3.8, 4) is 16.9 Å². The lowest BCUT2D eigenvalue weighted by Crippen LogP contribution is -2.28. The van der Waals surface area contributed by atoms with Gasteiger partial charge in [0.05, 0.1) is 13.2 Å². The van der Waals surface area contributed by atoms with Gasteiger partial charge in [-0.25, -0.2) is 26.3 Å². The van der Waals surface area contributed by atoms with Crippen molar-refractivity contribution in [3.63, 3.8) is 0 Å². The van der Waals surface area contributed by atoms with Crippen LogP contribution < -0.4 is 4.74 Å². The maximum atomic E-state index is 14.8. The monoisotopic (exact) mass is 544 g/mol. The fourth-order valence-corrected chi connectivity index (χ4v) is 3.97. The Bertz CT molecular complexity index is 1290. The zero-order valence-corrected chi connectivity index (χ0v) is 19.6. The number of allylic oxidation sites excluding steroid dienone is 1. The Morgan fingerprint density at radius 1 is 0.842 bits per heavy atom. The summed E-state index contributed by atoms with van der Waals surface area (Å²) in [5.41, 5.74) is -2.76. The molecule has 1 heterocycles. The zero-order chi connectivity index (χ0) is 27.6. The third-order valence-electron chi connectivity index (χ3n) is 5.85. The first kappa shape index (κ1) is 27.6. The lowest BCUT2D eigenvalue weighted by atomic mass is 10.0. The summed E-state index contributed by atoms with van der Waals surface area (Å²) in [6, 6.07) is 4.35. The van der Waals surface area contributed by atoms with Crippen molar-refractivity contribution in [1.29, 1.82) is 0 Å². The van der Waals surface area contributed by atoms with E-state index in [9.17, 15) is 35.1 Å². The van der Waals surface area contributed by atoms with Gasteiger partial charge in [0.25, 0.3) is 0 Å². The van der Waals surface area contributed by atoms with E-state index < -0.39 is 69.7 Å². The van der Waals surface area contributed by atoms with Crippen LogP contribution in [0, 0.1) is 40.8 Å². The van der Waals surface area contributed by atoms with Gasteiger partial charge in [0.2, 0.25) is 0 Å². The summed E-state index contributed by atoms with van der Waals surface area (Å²) in [4.78, 5) is 0. The summed E-state index contributed by atoms with van der Waals surface area (Å²) in [5, 5.41) is 0. The molecule has 0 atom stereocenters. The van der Waals surface area contributed by atoms with Gasteiger partial charge in [-0.3, -0.25) is 0 Å². The molecule has 0 amide bonds. The van der Waals surface area contributed by atoms with Crippen LogP contribution in [0.1, 0.15) is 30.3 Å². The Labute approximate surface area is 212 Å². The van der Waals surface area contributed by atoms with Crippen LogP contribution in [0.2, 0.25) is 0 Å². The van der Waals surface area contributed by atoms with Gasteiger partial charge in [-0.15, -0.1) is 6.58 Å². The summed E-state index contributed by atoms with van der Waals surface area (Å²) in [7, 11) is 0. The van der Waals surface area contributed by atoms with Crippen molar-refractivity contribution in [3.05, 3.63) is 101 Å². The van der Waals surface area contributed by atoms with E-state index in [2.05, 4.69) is 11.3 Å². The third kappa shape index (κ3) is 5.83. The van der Waals surface area contributed by atoms with Gasteiger partial charge in [0, 0.05) is 23.1 Å². The van der Waals surface area contributed by atoms with E-state index in [0.29, 0.717) is 30.3 Å². The zero-order valence-electron chi connectivity index (χ0n) is 19.6. The topological polar surface area (TPSA) is 27.7 Å². The number of ether oxygens (including phenoxy) is 3. The van der Waals surface area contributed by atoms with Crippen LogP contribution in [-0.4, -0.2) is 13.2 Å². The molecule has 0 N–H and O–H groups in total. The van der Waals surface area contributed by atoms with Gasteiger partial charge < -0.3 is 14.2 Å². The molecule has 3 nitrogen and oxygen atoms in total. The van der Waals surface area contributed by atoms with Crippen molar-refractivity contribution in [1.82, 2.24) is 0 Å². The fourth-order valence-electron chi connectivity index (χ4n) is 3.97. The Hall–Kier alpha value is -3.44. The summed E-state index contributed by atoms with van der Waals surface area (Å²) in [6.07, 6.45) is -2.55. The van der Waals surface area contributed by atoms with Gasteiger partial charge >= 0.3 is 6.11 Å². The van der Waals surface area contributed by atoms with E-state index >= 15 is 0 Å². The molecule has 0 saturated carbocycles. The Morgan fingerprint density at radius 3 is 2.00 bits per heavy atom. The van der Waals surface area contributed by atoms with Gasteiger partial charge in [-0.2, -0.15) is 8.78 Å². The van der Waals surface area contributed by atoms with Crippen LogP contribution in [0.4, 0.5) is 35.1 Å². The van der Waals surface area contributed by atoms with Crippen molar-refractivity contribution in [2.75, 3.05) is 13.2 Å². The quantitative estimate of drug-likeness (QED) is 0.164. The highest BCUT2D eigenvalue weighted by molar-refractivity contribution is 5.65. The van der Waals surface area contributed by atoms with E-state index in [0.717, 1.165) is 25.0 Å². The van der Waals surface area contributed by atoms with Crippen LogP contribution in [0.15, 0.2) is 55.1 Å². The summed E-state index contributed by atoms with van der Waals surface area (Å²) >= 11 is 0. The van der Waals surface area contributed by atoms with E-state index in [-0.39, 0.29) is 24.7 Å². The highest BCUT2D eigenvalue weighted by Crippen LogP contribution is 2.38. The maximum absolute atomic E-state index is 14.8. The highest BCUT2D eigenvalue weighted by Gasteiger charge is 2.42. The second kappa shape index (κ2) is 11.1. The van der Waals surface area contributed by atoms with Gasteiger partial charge in [-0.1, -0.05) is 6.08 Å². The molecule has 202 valence electrons. The van der Waals surface area contributed by atoms with Crippen molar-refractivity contribution in [2.24, 2.45) is 5.92 Å². The number of hydrogen-bond donors (Lipinski definition) is 0. The summed E-state index contributed by atoms with van der Waals surface area (Å²) < 4.78 is 129. The molecule has 0 aliphatic carbocycles. The predicted octanol–water partition coefficient (Wildman–Crippen LogP) is 7.94. The van der Waals surface area contributed by atoms with Crippen molar-refractivity contribution < 1.29 is 49.3 Å². The Morgan fingerprint density at radius 2 is 1.45 bits per heavy atom. The predicted molar refractivity (Wildman–Crippen MR) is 120 cm³/mol. The molecule has 1 saturated heterocycles. The normalized spacial score (nSPS) is 17.9. The van der Waals surface area contributed by atoms with Gasteiger partial charge in [0.15, 0.2) is 23.7 Å². The van der Waals surface area contributed by atoms with Crippen molar-refractivity contribution in [2.45, 2.75) is 25.2 Å². The minimum Gasteiger partial charge on any atom is -0.429 e. The average Bonchev–Trinajstić information content (AvgIpc) is 2.85. The number of rotatable bonds is 8. The molecule has 0 spiro atoms. The van der Waals surface area contributed by atoms with Gasteiger partial charge in [0.1, 0.15) is 28.8 Å². The molecule has 38 heavy (non-hydrogen) atoms. The molecule has 0 radical (unpaired) electrons. The standard InChI is InChI=1S/C27H20F8O3/c1-2-3-4-14-12-36-26(37-13-14)16-9-20(29)24(21(30)10-16)27(34,35)38-17-5-6-18(19(28)11-17)15-7-22(31)25(33)23(32)8-15/h2,5-11,14,26H,1,3-4,12-13H2. The minimum absolute atomic E-state index is 0.0452. The highest BCUT2D eigenvalue weighted by atomic mass is 19.3. The number of alkyl halides is 2. The number of halogens is 8. The summed E-state index contributed by atoms with van der Waals surface area (Å²) in [6.45, 7) is 4.09. The third-order valence-corrected chi connectivity index (χ3v) is 5.85. The molecular weight excluding hydrogens is 524 g/mol. The van der Waals surface area contributed by atoms with Crippen LogP contribution >= 0.6 is 0 Å². The molecule has 0 aromatic heterocycles. The molecule has 1 fully saturated rings. The van der Waals surface area contributed by atoms with E-state index in [1.165, 1.54) is 0 Å². The van der Waals surface area contributed by atoms with Crippen LogP contribution in [-0.2, 0) is 15.6 Å². The SMILES string of the molecule is C=CCCC1COC(c2cc(F)c(C(F)(F)Oc3ccc(-c4cc(F)c(F)c(F)c4)c(F)c3)c(F)c2)OC1. The minimum atomic E-state index is -4.58. The fraction of sp³-hybridized carbons (Fsp3) is 0.259. The molecule has 1 aliphatic rings. The first-order valence-corrected chi connectivity index (χ1v) is 11.3. The van der Waals surface area contributed by atoms with Crippen LogP contribution in [0.25, 0.3) is 11.1 Å². The number of hydrogen-bond acceptors (Lipinski definition) is 3. The molecule has 0 unspecified atom stereocenters. The lowest BCUT2D eigenvalue weighted by molar-refractivity contribution is -0.206. The smallest absolute Gasteiger partial charge is 0.429 e. The van der Waals surface area contributed by atoms with Crippen LogP contribution in [0.3, 0.4) is 0 Å². The molecule has 3 aromatic carbocycles. The van der Waals surface area contributed by atoms with E-state index in [1.807, 2.05) is 0 Å². The molecule has 11 heteroatoms. The number of benzene rings is 3. The first-order chi connectivity index (χ1) is 18.0. The Kier molecular flexibility index (Phi) is 8.08. The Balaban J connectivity index is 1.52.